The van der Waals surface area contributed by atoms with E-state index in [1.165, 1.54) is 5.56 Å². The van der Waals surface area contributed by atoms with E-state index in [1.807, 2.05) is 31.2 Å². The lowest BCUT2D eigenvalue weighted by Crippen LogP contribution is -2.30. The monoisotopic (exact) mass is 362 g/mol. The summed E-state index contributed by atoms with van der Waals surface area (Å²) in [6, 6.07) is 20.6. The van der Waals surface area contributed by atoms with Gasteiger partial charge in [0.1, 0.15) is 0 Å². The lowest BCUT2D eigenvalue weighted by atomic mass is 9.89. The van der Waals surface area contributed by atoms with Crippen LogP contribution in [0.15, 0.2) is 71.9 Å². The molecule has 2 aromatic carbocycles. The molecule has 3 rings (SSSR count). The van der Waals surface area contributed by atoms with Crippen LogP contribution in [-0.4, -0.2) is 5.91 Å². The van der Waals surface area contributed by atoms with Gasteiger partial charge in [-0.25, -0.2) is 0 Å². The molecule has 27 heavy (non-hydrogen) atoms. The molecule has 2 atom stereocenters. The van der Waals surface area contributed by atoms with E-state index < -0.39 is 0 Å². The first-order valence-corrected chi connectivity index (χ1v) is 9.75. The minimum atomic E-state index is -0.0114. The van der Waals surface area contributed by atoms with Crippen LogP contribution in [0.5, 0.6) is 0 Å². The molecule has 0 bridgehead atoms. The average Bonchev–Trinajstić information content (AvgIpc) is 2.97. The summed E-state index contributed by atoms with van der Waals surface area (Å²) in [7, 11) is 0. The first-order chi connectivity index (χ1) is 12.9. The van der Waals surface area contributed by atoms with Crippen molar-refractivity contribution in [1.29, 1.82) is 0 Å². The Hall–Kier alpha value is -2.55. The summed E-state index contributed by atoms with van der Waals surface area (Å²) in [5.41, 5.74) is 4.42. The third-order valence-electron chi connectivity index (χ3n) is 5.29. The van der Waals surface area contributed by atoms with E-state index in [4.69, 9.17) is 0 Å². The van der Waals surface area contributed by atoms with Crippen LogP contribution in [0.25, 0.3) is 0 Å². The third-order valence-corrected chi connectivity index (χ3v) is 5.29. The average molecular weight is 363 g/mol. The fourth-order valence-corrected chi connectivity index (χ4v) is 3.78. The molecule has 1 amide bonds. The molecule has 1 aliphatic rings. The Balaban J connectivity index is 1.76. The molecule has 0 aliphatic heterocycles. The van der Waals surface area contributed by atoms with Gasteiger partial charge in [0.25, 0.3) is 0 Å². The lowest BCUT2D eigenvalue weighted by molar-refractivity contribution is -0.118. The number of carbonyl (C=O) groups excluding carboxylic acids is 1. The van der Waals surface area contributed by atoms with Crippen molar-refractivity contribution in [3.05, 3.63) is 83.1 Å². The maximum absolute atomic E-state index is 13.0. The summed E-state index contributed by atoms with van der Waals surface area (Å²) in [6.45, 7) is 8.63. The molecule has 0 heterocycles. The Bertz CT molecular complexity index is 809. The van der Waals surface area contributed by atoms with Crippen molar-refractivity contribution in [3.8, 4) is 0 Å². The second kappa shape index (κ2) is 7.99. The Morgan fingerprint density at radius 1 is 0.852 bits per heavy atom. The molecular weight excluding hydrogens is 332 g/mol. The van der Waals surface area contributed by atoms with Crippen LogP contribution in [0.3, 0.4) is 0 Å². The van der Waals surface area contributed by atoms with Gasteiger partial charge < -0.3 is 10.6 Å². The van der Waals surface area contributed by atoms with Crippen molar-refractivity contribution in [2.45, 2.75) is 52.6 Å². The van der Waals surface area contributed by atoms with Gasteiger partial charge in [-0.05, 0) is 43.2 Å². The molecule has 0 aromatic heterocycles. The third kappa shape index (κ3) is 4.79. The van der Waals surface area contributed by atoms with Gasteiger partial charge in [0.15, 0.2) is 0 Å². The summed E-state index contributed by atoms with van der Waals surface area (Å²) in [6.07, 6.45) is 1.69. The standard InChI is InChI=1S/C24H30N2O/c1-17(19-11-7-5-8-12-19)25-22-16-24(3,4)15-21(22)23(27)26-18(2)20-13-9-6-10-14-20/h5-14,17-18,25H,15-16H2,1-4H3,(H,26,27). The molecule has 3 nitrogen and oxygen atoms in total. The first kappa shape index (κ1) is 19.2. The van der Waals surface area contributed by atoms with Crippen LogP contribution in [-0.2, 0) is 4.79 Å². The quantitative estimate of drug-likeness (QED) is 0.733. The second-order valence-electron chi connectivity index (χ2n) is 8.36. The smallest absolute Gasteiger partial charge is 0.249 e. The van der Waals surface area contributed by atoms with Crippen LogP contribution in [0, 0.1) is 5.41 Å². The van der Waals surface area contributed by atoms with Crippen molar-refractivity contribution < 1.29 is 4.79 Å². The molecular formula is C24H30N2O. The van der Waals surface area contributed by atoms with Crippen molar-refractivity contribution in [1.82, 2.24) is 10.6 Å². The molecule has 0 radical (unpaired) electrons. The zero-order valence-corrected chi connectivity index (χ0v) is 16.8. The highest BCUT2D eigenvalue weighted by Crippen LogP contribution is 2.41. The van der Waals surface area contributed by atoms with Crippen LogP contribution in [0.4, 0.5) is 0 Å². The number of hydrogen-bond donors (Lipinski definition) is 2. The van der Waals surface area contributed by atoms with Crippen LogP contribution in [0.2, 0.25) is 0 Å². The van der Waals surface area contributed by atoms with Gasteiger partial charge in [0, 0.05) is 17.3 Å². The Morgan fingerprint density at radius 2 is 1.37 bits per heavy atom. The largest absolute Gasteiger partial charge is 0.381 e. The van der Waals surface area contributed by atoms with Gasteiger partial charge >= 0.3 is 0 Å². The summed E-state index contributed by atoms with van der Waals surface area (Å²) >= 11 is 0. The SMILES string of the molecule is CC(NC(=O)C1=C(NC(C)c2ccccc2)CC(C)(C)C1)c1ccccc1. The van der Waals surface area contributed by atoms with E-state index in [0.29, 0.717) is 0 Å². The lowest BCUT2D eigenvalue weighted by Gasteiger charge is -2.20. The maximum atomic E-state index is 13.0. The number of allylic oxidation sites excluding steroid dienone is 1. The van der Waals surface area contributed by atoms with E-state index in [0.717, 1.165) is 29.7 Å². The van der Waals surface area contributed by atoms with Crippen molar-refractivity contribution in [3.63, 3.8) is 0 Å². The van der Waals surface area contributed by atoms with Gasteiger partial charge in [-0.3, -0.25) is 4.79 Å². The van der Waals surface area contributed by atoms with Crippen molar-refractivity contribution in [2.24, 2.45) is 5.41 Å². The van der Waals surface area contributed by atoms with Crippen LogP contribution < -0.4 is 10.6 Å². The van der Waals surface area contributed by atoms with E-state index in [1.54, 1.807) is 0 Å². The molecule has 1 aliphatic carbocycles. The minimum absolute atomic E-state index is 0.0114. The Kier molecular flexibility index (Phi) is 5.69. The molecule has 3 heteroatoms. The fourth-order valence-electron chi connectivity index (χ4n) is 3.78. The van der Waals surface area contributed by atoms with Gasteiger partial charge in [-0.2, -0.15) is 0 Å². The number of hydrogen-bond acceptors (Lipinski definition) is 2. The normalized spacial score (nSPS) is 18.1. The number of amides is 1. The highest BCUT2D eigenvalue weighted by atomic mass is 16.1. The van der Waals surface area contributed by atoms with Gasteiger partial charge in [-0.1, -0.05) is 74.5 Å². The van der Waals surface area contributed by atoms with E-state index in [9.17, 15) is 4.79 Å². The maximum Gasteiger partial charge on any atom is 0.249 e. The predicted octanol–water partition coefficient (Wildman–Crippen LogP) is 5.29. The number of rotatable bonds is 6. The van der Waals surface area contributed by atoms with Gasteiger partial charge in [-0.15, -0.1) is 0 Å². The van der Waals surface area contributed by atoms with Crippen LogP contribution >= 0.6 is 0 Å². The second-order valence-corrected chi connectivity index (χ2v) is 8.36. The van der Waals surface area contributed by atoms with Gasteiger partial charge in [0.05, 0.1) is 6.04 Å². The minimum Gasteiger partial charge on any atom is -0.381 e. The van der Waals surface area contributed by atoms with Crippen molar-refractivity contribution >= 4 is 5.91 Å². The predicted molar refractivity (Wildman–Crippen MR) is 111 cm³/mol. The zero-order chi connectivity index (χ0) is 19.4. The molecule has 0 fully saturated rings. The molecule has 2 aromatic rings. The zero-order valence-electron chi connectivity index (χ0n) is 16.8. The van der Waals surface area contributed by atoms with Crippen molar-refractivity contribution in [2.75, 3.05) is 0 Å². The van der Waals surface area contributed by atoms with Gasteiger partial charge in [0.2, 0.25) is 5.91 Å². The fraction of sp³-hybridized carbons (Fsp3) is 0.375. The summed E-state index contributed by atoms with van der Waals surface area (Å²) in [5.74, 6) is 0.0414. The topological polar surface area (TPSA) is 41.1 Å². The highest BCUT2D eigenvalue weighted by Gasteiger charge is 2.34. The number of benzene rings is 2. The molecule has 142 valence electrons. The highest BCUT2D eigenvalue weighted by molar-refractivity contribution is 5.95. The Labute approximate surface area is 162 Å². The first-order valence-electron chi connectivity index (χ1n) is 9.75. The molecule has 0 spiro atoms. The van der Waals surface area contributed by atoms with E-state index in [2.05, 4.69) is 67.8 Å². The molecule has 0 saturated heterocycles. The summed E-state index contributed by atoms with van der Waals surface area (Å²) in [4.78, 5) is 13.0. The number of carbonyl (C=O) groups is 1. The van der Waals surface area contributed by atoms with E-state index >= 15 is 0 Å². The number of nitrogens with one attached hydrogen (secondary N) is 2. The van der Waals surface area contributed by atoms with Crippen LogP contribution in [0.1, 0.15) is 63.7 Å². The summed E-state index contributed by atoms with van der Waals surface area (Å²) in [5, 5.41) is 6.80. The molecule has 0 saturated carbocycles. The summed E-state index contributed by atoms with van der Waals surface area (Å²) < 4.78 is 0. The Morgan fingerprint density at radius 3 is 1.93 bits per heavy atom. The molecule has 2 N–H and O–H groups in total. The van der Waals surface area contributed by atoms with E-state index in [-0.39, 0.29) is 23.4 Å². The molecule has 2 unspecified atom stereocenters.